The average molecular weight is 422 g/mol. The summed E-state index contributed by atoms with van der Waals surface area (Å²) >= 11 is 0. The van der Waals surface area contributed by atoms with Crippen molar-refractivity contribution < 1.29 is 41.0 Å². The molecule has 2 aliphatic rings. The number of hydrogen-bond donors (Lipinski definition) is 0. The first-order valence-corrected chi connectivity index (χ1v) is 9.13. The molecule has 0 bridgehead atoms. The van der Waals surface area contributed by atoms with Gasteiger partial charge >= 0.3 is 6.09 Å². The lowest BCUT2D eigenvalue weighted by Gasteiger charge is -2.37. The van der Waals surface area contributed by atoms with E-state index in [9.17, 15) is 31.5 Å². The summed E-state index contributed by atoms with van der Waals surface area (Å²) in [5, 5.41) is 0. The van der Waals surface area contributed by atoms with Gasteiger partial charge in [0.15, 0.2) is 12.4 Å². The van der Waals surface area contributed by atoms with Gasteiger partial charge in [0.1, 0.15) is 6.61 Å². The third-order valence-corrected chi connectivity index (χ3v) is 5.19. The Balaban J connectivity index is 1.58. The fraction of sp³-hybridized carbons (Fsp3) is 0.556. The van der Waals surface area contributed by atoms with Crippen LogP contribution in [0.3, 0.4) is 0 Å². The fourth-order valence-corrected chi connectivity index (χ4v) is 3.56. The molecular weight excluding hydrogens is 403 g/mol. The molecule has 2 fully saturated rings. The van der Waals surface area contributed by atoms with E-state index in [1.54, 1.807) is 4.90 Å². The number of benzene rings is 1. The van der Waals surface area contributed by atoms with Gasteiger partial charge in [0.2, 0.25) is 29.1 Å². The number of cyclic esters (lactones) is 1. The SMILES string of the molecule is CCC1COC(=O)N1C1CCN(C(=O)COc2c(F)c(F)c(F)c(F)c2F)CC1. The van der Waals surface area contributed by atoms with Crippen LogP contribution in [0, 0.1) is 29.1 Å². The van der Waals surface area contributed by atoms with Gasteiger partial charge in [0.25, 0.3) is 5.91 Å². The number of ether oxygens (including phenoxy) is 2. The molecule has 0 saturated carbocycles. The minimum atomic E-state index is -2.30. The Morgan fingerprint density at radius 1 is 1.03 bits per heavy atom. The molecule has 2 heterocycles. The summed E-state index contributed by atoms with van der Waals surface area (Å²) in [6.45, 7) is 1.89. The monoisotopic (exact) mass is 422 g/mol. The van der Waals surface area contributed by atoms with E-state index in [1.165, 1.54) is 4.90 Å². The second-order valence-corrected chi connectivity index (χ2v) is 6.85. The number of carbonyl (C=O) groups excluding carboxylic acids is 2. The summed E-state index contributed by atoms with van der Waals surface area (Å²) in [6, 6.07) is -0.123. The van der Waals surface area contributed by atoms with Crippen LogP contribution in [0.25, 0.3) is 0 Å². The fourth-order valence-electron chi connectivity index (χ4n) is 3.56. The zero-order valence-corrected chi connectivity index (χ0v) is 15.5. The maximum atomic E-state index is 13.6. The van der Waals surface area contributed by atoms with Crippen LogP contribution in [0.5, 0.6) is 5.75 Å². The number of piperidine rings is 1. The number of likely N-dealkylation sites (tertiary alicyclic amines) is 1. The van der Waals surface area contributed by atoms with Crippen molar-refractivity contribution in [2.24, 2.45) is 0 Å². The largest absolute Gasteiger partial charge is 0.477 e. The van der Waals surface area contributed by atoms with E-state index in [0.29, 0.717) is 19.4 Å². The topological polar surface area (TPSA) is 59.1 Å². The molecule has 0 aromatic heterocycles. The van der Waals surface area contributed by atoms with E-state index in [4.69, 9.17) is 4.74 Å². The molecule has 2 amide bonds. The third kappa shape index (κ3) is 3.95. The molecule has 1 atom stereocenters. The Morgan fingerprint density at radius 2 is 1.59 bits per heavy atom. The number of halogens is 5. The number of carbonyl (C=O) groups is 2. The van der Waals surface area contributed by atoms with Gasteiger partial charge in [-0.15, -0.1) is 0 Å². The Hall–Kier alpha value is -2.59. The first-order valence-electron chi connectivity index (χ1n) is 9.13. The smallest absolute Gasteiger partial charge is 0.410 e. The molecule has 0 aliphatic carbocycles. The van der Waals surface area contributed by atoms with Crippen molar-refractivity contribution in [2.45, 2.75) is 38.3 Å². The number of amides is 2. The molecule has 1 aromatic carbocycles. The Morgan fingerprint density at radius 3 is 2.14 bits per heavy atom. The second kappa shape index (κ2) is 8.42. The second-order valence-electron chi connectivity index (χ2n) is 6.85. The summed E-state index contributed by atoms with van der Waals surface area (Å²) in [7, 11) is 0. The molecule has 2 aliphatic heterocycles. The summed E-state index contributed by atoms with van der Waals surface area (Å²) in [4.78, 5) is 27.2. The van der Waals surface area contributed by atoms with Crippen molar-refractivity contribution >= 4 is 12.0 Å². The van der Waals surface area contributed by atoms with Crippen molar-refractivity contribution in [1.29, 1.82) is 0 Å². The molecule has 11 heteroatoms. The lowest BCUT2D eigenvalue weighted by molar-refractivity contribution is -0.134. The van der Waals surface area contributed by atoms with E-state index in [0.717, 1.165) is 6.42 Å². The van der Waals surface area contributed by atoms with Crippen molar-refractivity contribution in [3.63, 3.8) is 0 Å². The summed E-state index contributed by atoms with van der Waals surface area (Å²) in [5.74, 6) is -13.0. The third-order valence-electron chi connectivity index (χ3n) is 5.19. The van der Waals surface area contributed by atoms with E-state index in [2.05, 4.69) is 4.74 Å². The van der Waals surface area contributed by atoms with E-state index in [-0.39, 0.29) is 25.2 Å². The summed E-state index contributed by atoms with van der Waals surface area (Å²) in [6.07, 6.45) is 1.29. The maximum absolute atomic E-state index is 13.6. The Kier molecular flexibility index (Phi) is 6.13. The predicted molar refractivity (Wildman–Crippen MR) is 88.6 cm³/mol. The lowest BCUT2D eigenvalue weighted by Crippen LogP contribution is -2.50. The molecule has 0 N–H and O–H groups in total. The minimum absolute atomic E-state index is 0.0210. The summed E-state index contributed by atoms with van der Waals surface area (Å²) < 4.78 is 76.3. The zero-order chi connectivity index (χ0) is 21.3. The molecule has 1 aromatic rings. The standard InChI is InChI=1S/C18H19F5N2O4/c1-2-9-7-29-18(27)25(9)10-3-5-24(6-4-10)11(26)8-28-17-15(22)13(20)12(19)14(21)16(17)23/h9-10H,2-8H2,1H3. The molecule has 0 spiro atoms. The average Bonchev–Trinajstić information content (AvgIpc) is 3.11. The van der Waals surface area contributed by atoms with Gasteiger partial charge in [-0.2, -0.15) is 8.78 Å². The van der Waals surface area contributed by atoms with Crippen LogP contribution in [0.4, 0.5) is 26.7 Å². The first-order chi connectivity index (χ1) is 13.8. The van der Waals surface area contributed by atoms with Crippen molar-refractivity contribution in [2.75, 3.05) is 26.3 Å². The zero-order valence-electron chi connectivity index (χ0n) is 15.5. The number of nitrogens with zero attached hydrogens (tertiary/aromatic N) is 2. The van der Waals surface area contributed by atoms with E-state index < -0.39 is 53.4 Å². The highest BCUT2D eigenvalue weighted by molar-refractivity contribution is 5.78. The number of rotatable bonds is 5. The maximum Gasteiger partial charge on any atom is 0.410 e. The van der Waals surface area contributed by atoms with E-state index >= 15 is 0 Å². The first kappa shape index (κ1) is 21.1. The lowest BCUT2D eigenvalue weighted by atomic mass is 10.0. The Bertz CT molecular complexity index is 785. The van der Waals surface area contributed by atoms with Gasteiger partial charge in [-0.05, 0) is 19.3 Å². The van der Waals surface area contributed by atoms with Crippen molar-refractivity contribution in [3.8, 4) is 5.75 Å². The molecule has 160 valence electrons. The highest BCUT2D eigenvalue weighted by Crippen LogP contribution is 2.29. The van der Waals surface area contributed by atoms with Crippen LogP contribution in [0.15, 0.2) is 0 Å². The highest BCUT2D eigenvalue weighted by Gasteiger charge is 2.39. The molecular formula is C18H19F5N2O4. The molecule has 3 rings (SSSR count). The van der Waals surface area contributed by atoms with Gasteiger partial charge in [-0.1, -0.05) is 6.92 Å². The normalized spacial score (nSPS) is 20.2. The molecule has 1 unspecified atom stereocenters. The van der Waals surface area contributed by atoms with Gasteiger partial charge in [-0.25, -0.2) is 18.0 Å². The van der Waals surface area contributed by atoms with Gasteiger partial charge in [0, 0.05) is 19.1 Å². The predicted octanol–water partition coefficient (Wildman–Crippen LogP) is 2.98. The Labute approximate surface area is 163 Å². The van der Waals surface area contributed by atoms with E-state index in [1.807, 2.05) is 6.92 Å². The quantitative estimate of drug-likeness (QED) is 0.416. The van der Waals surface area contributed by atoms with Crippen molar-refractivity contribution in [3.05, 3.63) is 29.1 Å². The van der Waals surface area contributed by atoms with Gasteiger partial charge < -0.3 is 14.4 Å². The number of hydrogen-bond acceptors (Lipinski definition) is 4. The van der Waals surface area contributed by atoms with Gasteiger partial charge in [0.05, 0.1) is 6.04 Å². The highest BCUT2D eigenvalue weighted by atomic mass is 19.2. The summed E-state index contributed by atoms with van der Waals surface area (Å²) in [5.41, 5.74) is 0. The van der Waals surface area contributed by atoms with Gasteiger partial charge in [-0.3, -0.25) is 9.69 Å². The molecule has 29 heavy (non-hydrogen) atoms. The minimum Gasteiger partial charge on any atom is -0.477 e. The van der Waals surface area contributed by atoms with Crippen LogP contribution in [-0.4, -0.2) is 60.2 Å². The van der Waals surface area contributed by atoms with Crippen LogP contribution < -0.4 is 4.74 Å². The van der Waals surface area contributed by atoms with Crippen LogP contribution in [-0.2, 0) is 9.53 Å². The molecule has 2 saturated heterocycles. The van der Waals surface area contributed by atoms with Crippen LogP contribution in [0.1, 0.15) is 26.2 Å². The van der Waals surface area contributed by atoms with Crippen LogP contribution in [0.2, 0.25) is 0 Å². The molecule has 6 nitrogen and oxygen atoms in total. The van der Waals surface area contributed by atoms with Crippen molar-refractivity contribution in [1.82, 2.24) is 9.80 Å². The van der Waals surface area contributed by atoms with Crippen LogP contribution >= 0.6 is 0 Å². The molecule has 0 radical (unpaired) electrons.